The number of hydrogen-bond donors (Lipinski definition) is 2. The van der Waals surface area contributed by atoms with Gasteiger partial charge in [0.05, 0.1) is 6.54 Å². The number of nitrogens with one attached hydrogen (secondary N) is 1. The van der Waals surface area contributed by atoms with E-state index >= 15 is 0 Å². The normalized spacial score (nSPS) is 19.6. The lowest BCUT2D eigenvalue weighted by Gasteiger charge is -2.36. The molecular weight excluding hydrogens is 294 g/mol. The number of hydrogen-bond acceptors (Lipinski definition) is 4. The molecule has 1 aromatic rings. The summed E-state index contributed by atoms with van der Waals surface area (Å²) >= 11 is 0. The number of benzene rings is 1. The van der Waals surface area contributed by atoms with Crippen LogP contribution < -0.4 is 20.5 Å². The number of ether oxygens (including phenoxy) is 3. The van der Waals surface area contributed by atoms with E-state index in [4.69, 9.17) is 19.9 Å². The molecule has 6 heteroatoms. The standard InChI is InChI=1S/C17H25N3O3/c1-2-7-19-16(18)20-11-17(5-8-21-9-6-17)13-3-4-14-15(10-13)23-12-22-14/h3-4,10H,2,5-9,11-12H2,1H3,(H3,18,19,20). The first-order chi connectivity index (χ1) is 11.2. The summed E-state index contributed by atoms with van der Waals surface area (Å²) in [5, 5.41) is 3.13. The smallest absolute Gasteiger partial charge is 0.231 e. The molecule has 2 heterocycles. The second kappa shape index (κ2) is 7.08. The zero-order chi connectivity index (χ0) is 16.1. The van der Waals surface area contributed by atoms with E-state index in [1.54, 1.807) is 0 Å². The quantitative estimate of drug-likeness (QED) is 0.639. The van der Waals surface area contributed by atoms with E-state index < -0.39 is 0 Å². The minimum Gasteiger partial charge on any atom is -0.454 e. The minimum atomic E-state index is -0.0578. The van der Waals surface area contributed by atoms with Crippen molar-refractivity contribution in [2.75, 3.05) is 33.1 Å². The third kappa shape index (κ3) is 3.52. The fourth-order valence-electron chi connectivity index (χ4n) is 3.07. The molecule has 0 unspecified atom stereocenters. The van der Waals surface area contributed by atoms with Gasteiger partial charge in [-0.05, 0) is 37.0 Å². The highest BCUT2D eigenvalue weighted by Gasteiger charge is 2.35. The Balaban J connectivity index is 1.82. The second-order valence-corrected chi connectivity index (χ2v) is 6.09. The molecular formula is C17H25N3O3. The van der Waals surface area contributed by atoms with Gasteiger partial charge in [-0.2, -0.15) is 0 Å². The molecule has 0 saturated carbocycles. The highest BCUT2D eigenvalue weighted by Crippen LogP contribution is 2.41. The number of nitrogens with zero attached hydrogens (tertiary/aromatic N) is 1. The summed E-state index contributed by atoms with van der Waals surface area (Å²) in [6.45, 7) is 5.38. The summed E-state index contributed by atoms with van der Waals surface area (Å²) in [6.07, 6.45) is 2.88. The molecule has 3 N–H and O–H groups in total. The van der Waals surface area contributed by atoms with Crippen molar-refractivity contribution < 1.29 is 14.2 Å². The van der Waals surface area contributed by atoms with Crippen molar-refractivity contribution in [3.63, 3.8) is 0 Å². The maximum atomic E-state index is 5.97. The van der Waals surface area contributed by atoms with Gasteiger partial charge in [0.15, 0.2) is 17.5 Å². The lowest BCUT2D eigenvalue weighted by atomic mass is 9.74. The number of fused-ring (bicyclic) bond motifs is 1. The lowest BCUT2D eigenvalue weighted by molar-refractivity contribution is 0.0530. The van der Waals surface area contributed by atoms with E-state index in [9.17, 15) is 0 Å². The Morgan fingerprint density at radius 3 is 2.83 bits per heavy atom. The zero-order valence-corrected chi connectivity index (χ0v) is 13.6. The first-order valence-electron chi connectivity index (χ1n) is 8.25. The first-order valence-corrected chi connectivity index (χ1v) is 8.25. The fraction of sp³-hybridized carbons (Fsp3) is 0.588. The molecule has 23 heavy (non-hydrogen) atoms. The van der Waals surface area contributed by atoms with Gasteiger partial charge in [-0.3, -0.25) is 4.99 Å². The Hall–Kier alpha value is -1.95. The molecule has 3 rings (SSSR count). The van der Waals surface area contributed by atoms with Crippen LogP contribution in [0.25, 0.3) is 0 Å². The topological polar surface area (TPSA) is 78.1 Å². The van der Waals surface area contributed by atoms with Crippen LogP contribution in [0.3, 0.4) is 0 Å². The third-order valence-electron chi connectivity index (χ3n) is 4.54. The van der Waals surface area contributed by atoms with Crippen molar-refractivity contribution in [3.8, 4) is 11.5 Å². The van der Waals surface area contributed by atoms with Crippen LogP contribution in [0.5, 0.6) is 11.5 Å². The summed E-state index contributed by atoms with van der Waals surface area (Å²) in [5.74, 6) is 2.14. The predicted molar refractivity (Wildman–Crippen MR) is 89.1 cm³/mol. The van der Waals surface area contributed by atoms with E-state index in [-0.39, 0.29) is 5.41 Å². The number of guanidine groups is 1. The van der Waals surface area contributed by atoms with Crippen LogP contribution >= 0.6 is 0 Å². The second-order valence-electron chi connectivity index (χ2n) is 6.09. The van der Waals surface area contributed by atoms with Gasteiger partial charge in [-0.15, -0.1) is 0 Å². The maximum Gasteiger partial charge on any atom is 0.231 e. The van der Waals surface area contributed by atoms with Crippen LogP contribution in [0.15, 0.2) is 23.2 Å². The summed E-state index contributed by atoms with van der Waals surface area (Å²) < 4.78 is 16.5. The van der Waals surface area contributed by atoms with Crippen LogP contribution in [0.4, 0.5) is 0 Å². The average molecular weight is 319 g/mol. The van der Waals surface area contributed by atoms with Gasteiger partial charge in [0.2, 0.25) is 6.79 Å². The Morgan fingerprint density at radius 2 is 2.04 bits per heavy atom. The molecule has 0 aromatic heterocycles. The molecule has 0 atom stereocenters. The largest absolute Gasteiger partial charge is 0.454 e. The van der Waals surface area contributed by atoms with Crippen LogP contribution in [-0.4, -0.2) is 39.1 Å². The van der Waals surface area contributed by atoms with Crippen LogP contribution in [0, 0.1) is 0 Å². The summed E-state index contributed by atoms with van der Waals surface area (Å²) in [5.41, 5.74) is 7.13. The summed E-state index contributed by atoms with van der Waals surface area (Å²) in [6, 6.07) is 6.18. The van der Waals surface area contributed by atoms with E-state index in [2.05, 4.69) is 29.4 Å². The Bertz CT molecular complexity index is 568. The molecule has 1 fully saturated rings. The van der Waals surface area contributed by atoms with Crippen molar-refractivity contribution in [3.05, 3.63) is 23.8 Å². The van der Waals surface area contributed by atoms with Gasteiger partial charge in [0, 0.05) is 25.2 Å². The van der Waals surface area contributed by atoms with E-state index in [0.29, 0.717) is 19.3 Å². The summed E-state index contributed by atoms with van der Waals surface area (Å²) in [4.78, 5) is 4.58. The van der Waals surface area contributed by atoms with Crippen molar-refractivity contribution in [2.45, 2.75) is 31.6 Å². The molecule has 0 aliphatic carbocycles. The van der Waals surface area contributed by atoms with Gasteiger partial charge in [0.25, 0.3) is 0 Å². The molecule has 0 radical (unpaired) electrons. The molecule has 126 valence electrons. The van der Waals surface area contributed by atoms with Crippen molar-refractivity contribution in [1.29, 1.82) is 0 Å². The Morgan fingerprint density at radius 1 is 1.26 bits per heavy atom. The van der Waals surface area contributed by atoms with E-state index in [0.717, 1.165) is 50.5 Å². The lowest BCUT2D eigenvalue weighted by Crippen LogP contribution is -2.39. The van der Waals surface area contributed by atoms with Gasteiger partial charge in [0.1, 0.15) is 0 Å². The van der Waals surface area contributed by atoms with Gasteiger partial charge < -0.3 is 25.3 Å². The predicted octanol–water partition coefficient (Wildman–Crippen LogP) is 1.78. The number of nitrogens with two attached hydrogens (primary N) is 1. The molecule has 0 amide bonds. The zero-order valence-electron chi connectivity index (χ0n) is 13.6. The van der Waals surface area contributed by atoms with Crippen LogP contribution in [-0.2, 0) is 10.2 Å². The number of aliphatic imine (C=N–C) groups is 1. The highest BCUT2D eigenvalue weighted by molar-refractivity contribution is 5.77. The molecule has 1 saturated heterocycles. The van der Waals surface area contributed by atoms with Crippen LogP contribution in [0.1, 0.15) is 31.7 Å². The highest BCUT2D eigenvalue weighted by atomic mass is 16.7. The van der Waals surface area contributed by atoms with Crippen LogP contribution in [0.2, 0.25) is 0 Å². The van der Waals surface area contributed by atoms with Crippen molar-refractivity contribution in [1.82, 2.24) is 5.32 Å². The van der Waals surface area contributed by atoms with Gasteiger partial charge in [-0.25, -0.2) is 0 Å². The maximum absolute atomic E-state index is 5.97. The molecule has 2 aliphatic heterocycles. The minimum absolute atomic E-state index is 0.0578. The van der Waals surface area contributed by atoms with Crippen molar-refractivity contribution in [2.24, 2.45) is 10.7 Å². The summed E-state index contributed by atoms with van der Waals surface area (Å²) in [7, 11) is 0. The first kappa shape index (κ1) is 15.9. The third-order valence-corrected chi connectivity index (χ3v) is 4.54. The van der Waals surface area contributed by atoms with Crippen molar-refractivity contribution >= 4 is 5.96 Å². The average Bonchev–Trinajstić information content (AvgIpc) is 3.06. The van der Waals surface area contributed by atoms with Gasteiger partial charge in [-0.1, -0.05) is 13.0 Å². The Kier molecular flexibility index (Phi) is 4.91. The number of rotatable bonds is 5. The molecule has 6 nitrogen and oxygen atoms in total. The van der Waals surface area contributed by atoms with E-state index in [1.165, 1.54) is 5.56 Å². The fourth-order valence-corrected chi connectivity index (χ4v) is 3.07. The SMILES string of the molecule is CCCNC(N)=NCC1(c2ccc3c(c2)OCO3)CCOCC1. The Labute approximate surface area is 137 Å². The molecule has 0 bridgehead atoms. The molecule has 0 spiro atoms. The monoisotopic (exact) mass is 319 g/mol. The van der Waals surface area contributed by atoms with E-state index in [1.807, 2.05) is 6.07 Å². The molecule has 2 aliphatic rings. The van der Waals surface area contributed by atoms with Gasteiger partial charge >= 0.3 is 0 Å². The molecule has 1 aromatic carbocycles.